The molecule has 1 aliphatic heterocycles. The van der Waals surface area contributed by atoms with E-state index in [0.717, 1.165) is 26.0 Å². The molecule has 4 nitrogen and oxygen atoms in total. The number of hydrogen-bond acceptors (Lipinski definition) is 4. The minimum absolute atomic E-state index is 0.127. The van der Waals surface area contributed by atoms with Crippen molar-refractivity contribution in [3.63, 3.8) is 0 Å². The van der Waals surface area contributed by atoms with Crippen molar-refractivity contribution in [1.82, 2.24) is 4.90 Å². The second-order valence-electron chi connectivity index (χ2n) is 5.49. The predicted molar refractivity (Wildman–Crippen MR) is 74.4 cm³/mol. The second-order valence-corrected chi connectivity index (χ2v) is 5.49. The Labute approximate surface area is 118 Å². The monoisotopic (exact) mass is 270 g/mol. The molecule has 0 radical (unpaired) electrons. The van der Waals surface area contributed by atoms with Gasteiger partial charge in [0.15, 0.2) is 5.78 Å². The predicted octanol–water partition coefficient (Wildman–Crippen LogP) is 1.99. The van der Waals surface area contributed by atoms with Crippen LogP contribution in [0.4, 0.5) is 0 Å². The average molecular weight is 270 g/mol. The Morgan fingerprint density at radius 2 is 2.15 bits per heavy atom. The van der Waals surface area contributed by atoms with Crippen LogP contribution >= 0.6 is 0 Å². The van der Waals surface area contributed by atoms with E-state index >= 15 is 0 Å². The minimum atomic E-state index is 0.127. The summed E-state index contributed by atoms with van der Waals surface area (Å²) in [5, 5.41) is 8.77. The van der Waals surface area contributed by atoms with Gasteiger partial charge in [-0.2, -0.15) is 5.26 Å². The number of ketones is 1. The standard InChI is InChI=1S/C16H18N2O2/c17-10-12-4-6-13(7-5-12)15(19)11-18-8-9-20-16-3-1-2-14(16)18/h4-7,14,16H,1-3,8-9,11H2. The highest BCUT2D eigenvalue weighted by Crippen LogP contribution is 2.29. The van der Waals surface area contributed by atoms with Crippen molar-refractivity contribution >= 4 is 5.78 Å². The molecule has 1 saturated carbocycles. The molecule has 3 rings (SSSR count). The molecule has 4 heteroatoms. The van der Waals surface area contributed by atoms with Crippen LogP contribution in [0.3, 0.4) is 0 Å². The van der Waals surface area contributed by atoms with Crippen molar-refractivity contribution in [1.29, 1.82) is 5.26 Å². The first kappa shape index (κ1) is 13.3. The van der Waals surface area contributed by atoms with E-state index < -0.39 is 0 Å². The quantitative estimate of drug-likeness (QED) is 0.788. The summed E-state index contributed by atoms with van der Waals surface area (Å²) in [5.41, 5.74) is 1.27. The first-order valence-corrected chi connectivity index (χ1v) is 7.17. The molecular formula is C16H18N2O2. The van der Waals surface area contributed by atoms with Gasteiger partial charge in [0.1, 0.15) is 0 Å². The van der Waals surface area contributed by atoms with Gasteiger partial charge in [0.2, 0.25) is 0 Å². The Hall–Kier alpha value is -1.70. The minimum Gasteiger partial charge on any atom is -0.375 e. The van der Waals surface area contributed by atoms with Crippen LogP contribution in [0.1, 0.15) is 35.2 Å². The molecule has 0 amide bonds. The zero-order valence-electron chi connectivity index (χ0n) is 11.4. The molecule has 104 valence electrons. The summed E-state index contributed by atoms with van der Waals surface area (Å²) in [6.45, 7) is 2.02. The van der Waals surface area contributed by atoms with Gasteiger partial charge in [-0.25, -0.2) is 0 Å². The van der Waals surface area contributed by atoms with Crippen molar-refractivity contribution in [2.75, 3.05) is 19.7 Å². The number of nitriles is 1. The van der Waals surface area contributed by atoms with E-state index in [9.17, 15) is 4.79 Å². The highest BCUT2D eigenvalue weighted by Gasteiger charge is 2.36. The van der Waals surface area contributed by atoms with Gasteiger partial charge in [-0.1, -0.05) is 12.1 Å². The number of ether oxygens (including phenoxy) is 1. The summed E-state index contributed by atoms with van der Waals surface area (Å²) in [4.78, 5) is 14.6. The van der Waals surface area contributed by atoms with Gasteiger partial charge in [0.05, 0.1) is 30.9 Å². The Morgan fingerprint density at radius 1 is 1.35 bits per heavy atom. The molecule has 0 spiro atoms. The molecule has 1 aromatic carbocycles. The zero-order valence-corrected chi connectivity index (χ0v) is 11.4. The fourth-order valence-corrected chi connectivity index (χ4v) is 3.21. The maximum absolute atomic E-state index is 12.3. The molecule has 1 saturated heterocycles. The number of carbonyl (C=O) groups excluding carboxylic acids is 1. The van der Waals surface area contributed by atoms with Crippen molar-refractivity contribution in [3.8, 4) is 6.07 Å². The second kappa shape index (κ2) is 5.74. The molecule has 1 heterocycles. The number of rotatable bonds is 3. The number of benzene rings is 1. The van der Waals surface area contributed by atoms with Gasteiger partial charge in [0.25, 0.3) is 0 Å². The maximum Gasteiger partial charge on any atom is 0.176 e. The summed E-state index contributed by atoms with van der Waals surface area (Å²) in [6.07, 6.45) is 3.76. The van der Waals surface area contributed by atoms with Crippen molar-refractivity contribution in [3.05, 3.63) is 35.4 Å². The summed E-state index contributed by atoms with van der Waals surface area (Å²) in [5.74, 6) is 0.127. The Balaban J connectivity index is 1.67. The normalized spacial score (nSPS) is 25.9. The molecule has 2 aliphatic rings. The SMILES string of the molecule is N#Cc1ccc(C(=O)CN2CCOC3CCCC32)cc1. The van der Waals surface area contributed by atoms with Gasteiger partial charge < -0.3 is 4.74 Å². The van der Waals surface area contributed by atoms with E-state index in [-0.39, 0.29) is 5.78 Å². The van der Waals surface area contributed by atoms with Crippen LogP contribution < -0.4 is 0 Å². The summed E-state index contributed by atoms with van der Waals surface area (Å²) >= 11 is 0. The number of hydrogen-bond donors (Lipinski definition) is 0. The van der Waals surface area contributed by atoms with Crippen LogP contribution in [0, 0.1) is 11.3 Å². The van der Waals surface area contributed by atoms with Gasteiger partial charge >= 0.3 is 0 Å². The maximum atomic E-state index is 12.3. The molecule has 1 aliphatic carbocycles. The van der Waals surface area contributed by atoms with E-state index in [0.29, 0.717) is 29.8 Å². The number of nitrogens with zero attached hydrogens (tertiary/aromatic N) is 2. The van der Waals surface area contributed by atoms with E-state index in [1.165, 1.54) is 6.42 Å². The Morgan fingerprint density at radius 3 is 2.90 bits per heavy atom. The van der Waals surface area contributed by atoms with Crippen LogP contribution in [0.15, 0.2) is 24.3 Å². The van der Waals surface area contributed by atoms with Crippen LogP contribution in [0.25, 0.3) is 0 Å². The van der Waals surface area contributed by atoms with Crippen LogP contribution in [-0.4, -0.2) is 42.5 Å². The summed E-state index contributed by atoms with van der Waals surface area (Å²) in [6, 6.07) is 9.36. The lowest BCUT2D eigenvalue weighted by molar-refractivity contribution is -0.0522. The molecule has 0 aromatic heterocycles. The van der Waals surface area contributed by atoms with Crippen LogP contribution in [0.2, 0.25) is 0 Å². The fourth-order valence-electron chi connectivity index (χ4n) is 3.21. The topological polar surface area (TPSA) is 53.3 Å². The van der Waals surface area contributed by atoms with Crippen molar-refractivity contribution < 1.29 is 9.53 Å². The third kappa shape index (κ3) is 2.60. The van der Waals surface area contributed by atoms with Crippen LogP contribution in [-0.2, 0) is 4.74 Å². The molecule has 0 N–H and O–H groups in total. The largest absolute Gasteiger partial charge is 0.375 e. The first-order chi connectivity index (χ1) is 9.78. The molecule has 20 heavy (non-hydrogen) atoms. The van der Waals surface area contributed by atoms with Crippen molar-refractivity contribution in [2.45, 2.75) is 31.4 Å². The Kier molecular flexibility index (Phi) is 3.81. The molecule has 0 bridgehead atoms. The molecule has 2 unspecified atom stereocenters. The number of carbonyl (C=O) groups is 1. The highest BCUT2D eigenvalue weighted by molar-refractivity contribution is 5.97. The smallest absolute Gasteiger partial charge is 0.176 e. The summed E-state index contributed by atoms with van der Waals surface area (Å²) < 4.78 is 5.76. The van der Waals surface area contributed by atoms with Gasteiger partial charge in [-0.05, 0) is 31.4 Å². The fraction of sp³-hybridized carbons (Fsp3) is 0.500. The van der Waals surface area contributed by atoms with Crippen LogP contribution in [0.5, 0.6) is 0 Å². The van der Waals surface area contributed by atoms with Gasteiger partial charge in [-0.3, -0.25) is 9.69 Å². The van der Waals surface area contributed by atoms with Crippen molar-refractivity contribution in [2.24, 2.45) is 0 Å². The number of Topliss-reactive ketones (excluding diaryl/α,β-unsaturated/α-hetero) is 1. The third-order valence-corrected chi connectivity index (χ3v) is 4.28. The van der Waals surface area contributed by atoms with Gasteiger partial charge in [-0.15, -0.1) is 0 Å². The lowest BCUT2D eigenvalue weighted by Gasteiger charge is -2.37. The molecular weight excluding hydrogens is 252 g/mol. The van der Waals surface area contributed by atoms with E-state index in [1.54, 1.807) is 24.3 Å². The number of morpholine rings is 1. The highest BCUT2D eigenvalue weighted by atomic mass is 16.5. The first-order valence-electron chi connectivity index (χ1n) is 7.17. The zero-order chi connectivity index (χ0) is 13.9. The lowest BCUT2D eigenvalue weighted by Crippen LogP contribution is -2.50. The Bertz CT molecular complexity index is 532. The third-order valence-electron chi connectivity index (χ3n) is 4.28. The average Bonchev–Trinajstić information content (AvgIpc) is 2.97. The summed E-state index contributed by atoms with van der Waals surface area (Å²) in [7, 11) is 0. The molecule has 2 atom stereocenters. The van der Waals surface area contributed by atoms with E-state index in [4.69, 9.17) is 10.00 Å². The van der Waals surface area contributed by atoms with E-state index in [1.807, 2.05) is 0 Å². The number of fused-ring (bicyclic) bond motifs is 1. The molecule has 2 fully saturated rings. The van der Waals surface area contributed by atoms with Gasteiger partial charge in [0, 0.05) is 18.2 Å². The lowest BCUT2D eigenvalue weighted by atomic mass is 10.1. The molecule has 1 aromatic rings. The van der Waals surface area contributed by atoms with E-state index in [2.05, 4.69) is 11.0 Å².